The van der Waals surface area contributed by atoms with Crippen LogP contribution in [0.25, 0.3) is 16.7 Å². The molecule has 0 radical (unpaired) electrons. The largest absolute Gasteiger partial charge is 0.490 e. The number of rotatable bonds is 8. The number of carbonyl (C=O) groups excluding carboxylic acids is 1. The van der Waals surface area contributed by atoms with Crippen molar-refractivity contribution in [2.75, 3.05) is 0 Å². The summed E-state index contributed by atoms with van der Waals surface area (Å²) in [6, 6.07) is 27.7. The Morgan fingerprint density at radius 2 is 1.78 bits per heavy atom. The minimum atomic E-state index is -0.143. The van der Waals surface area contributed by atoms with Gasteiger partial charge in [0.15, 0.2) is 0 Å². The number of nitrogens with zero attached hydrogens (tertiary/aromatic N) is 3. The van der Waals surface area contributed by atoms with Crippen molar-refractivity contribution >= 4 is 16.9 Å². The lowest BCUT2D eigenvalue weighted by Crippen LogP contribution is -2.22. The number of hydrogen-bond donors (Lipinski definition) is 1. The molecular weight excluding hydrogens is 448 g/mol. The summed E-state index contributed by atoms with van der Waals surface area (Å²) in [5.74, 6) is 0.959. The third-order valence-electron chi connectivity index (χ3n) is 6.45. The van der Waals surface area contributed by atoms with Gasteiger partial charge in [0.2, 0.25) is 0 Å². The van der Waals surface area contributed by atoms with Crippen molar-refractivity contribution in [2.45, 2.75) is 32.4 Å². The summed E-state index contributed by atoms with van der Waals surface area (Å²) >= 11 is 0. The first-order chi connectivity index (χ1) is 17.6. The highest BCUT2D eigenvalue weighted by Gasteiger charge is 2.16. The summed E-state index contributed by atoms with van der Waals surface area (Å²) in [5.41, 5.74) is 5.45. The fourth-order valence-electron chi connectivity index (χ4n) is 4.18. The standard InChI is InChI=1S/C30H28N4O2/c1-21(24-8-4-3-5-9-24)22(2)36-27-13-11-26(12-14-27)34-20-33-28-17-25(10-15-29(28)34)30(35)32-19-23-7-6-16-31-18-23/h3-18,20-22H,19H2,1-2H3,(H,32,35). The van der Waals surface area contributed by atoms with Crippen LogP contribution in [0, 0.1) is 0 Å². The quantitative estimate of drug-likeness (QED) is 0.302. The van der Waals surface area contributed by atoms with Crippen molar-refractivity contribution in [3.63, 3.8) is 0 Å². The maximum absolute atomic E-state index is 12.6. The van der Waals surface area contributed by atoms with Crippen LogP contribution in [0.15, 0.2) is 104 Å². The Labute approximate surface area is 210 Å². The van der Waals surface area contributed by atoms with E-state index < -0.39 is 0 Å². The van der Waals surface area contributed by atoms with Gasteiger partial charge in [-0.15, -0.1) is 0 Å². The Morgan fingerprint density at radius 3 is 2.53 bits per heavy atom. The number of carbonyl (C=O) groups is 1. The van der Waals surface area contributed by atoms with Gasteiger partial charge in [-0.1, -0.05) is 43.3 Å². The summed E-state index contributed by atoms with van der Waals surface area (Å²) in [6.07, 6.45) is 5.27. The molecule has 2 heterocycles. The van der Waals surface area contributed by atoms with E-state index in [-0.39, 0.29) is 17.9 Å². The van der Waals surface area contributed by atoms with Crippen molar-refractivity contribution in [3.05, 3.63) is 120 Å². The van der Waals surface area contributed by atoms with E-state index in [1.165, 1.54) is 5.56 Å². The molecule has 0 saturated heterocycles. The lowest BCUT2D eigenvalue weighted by Gasteiger charge is -2.22. The summed E-state index contributed by atoms with van der Waals surface area (Å²) in [6.45, 7) is 4.70. The van der Waals surface area contributed by atoms with Crippen LogP contribution in [0.5, 0.6) is 5.75 Å². The zero-order valence-electron chi connectivity index (χ0n) is 20.3. The molecular formula is C30H28N4O2. The van der Waals surface area contributed by atoms with Crippen molar-refractivity contribution in [2.24, 2.45) is 0 Å². The van der Waals surface area contributed by atoms with Crippen LogP contribution < -0.4 is 10.1 Å². The van der Waals surface area contributed by atoms with Crippen molar-refractivity contribution in [1.29, 1.82) is 0 Å². The van der Waals surface area contributed by atoms with Crippen molar-refractivity contribution in [1.82, 2.24) is 19.9 Å². The molecule has 5 aromatic rings. The van der Waals surface area contributed by atoms with Crippen molar-refractivity contribution in [3.8, 4) is 11.4 Å². The summed E-state index contributed by atoms with van der Waals surface area (Å²) in [4.78, 5) is 21.2. The Bertz CT molecular complexity index is 1450. The summed E-state index contributed by atoms with van der Waals surface area (Å²) in [5, 5.41) is 2.93. The van der Waals surface area contributed by atoms with Crippen LogP contribution in [-0.2, 0) is 6.54 Å². The number of hydrogen-bond acceptors (Lipinski definition) is 4. The van der Waals surface area contributed by atoms with Gasteiger partial charge < -0.3 is 10.1 Å². The SMILES string of the molecule is CC(Oc1ccc(-n2cnc3cc(C(=O)NCc4cccnc4)ccc32)cc1)C(C)c1ccccc1. The van der Waals surface area contributed by atoms with Crippen LogP contribution in [0.1, 0.15) is 41.3 Å². The van der Waals surface area contributed by atoms with E-state index >= 15 is 0 Å². The highest BCUT2D eigenvalue weighted by Crippen LogP contribution is 2.26. The van der Waals surface area contributed by atoms with Crippen LogP contribution >= 0.6 is 0 Å². The first-order valence-electron chi connectivity index (χ1n) is 12.0. The fourth-order valence-corrected chi connectivity index (χ4v) is 4.18. The average molecular weight is 477 g/mol. The van der Waals surface area contributed by atoms with Gasteiger partial charge in [0.1, 0.15) is 18.2 Å². The molecule has 0 aliphatic heterocycles. The number of nitrogens with one attached hydrogen (secondary N) is 1. The number of aromatic nitrogens is 3. The number of benzene rings is 3. The lowest BCUT2D eigenvalue weighted by atomic mass is 9.96. The van der Waals surface area contributed by atoms with E-state index in [0.29, 0.717) is 12.1 Å². The third kappa shape index (κ3) is 5.13. The predicted molar refractivity (Wildman–Crippen MR) is 141 cm³/mol. The van der Waals surface area contributed by atoms with Gasteiger partial charge >= 0.3 is 0 Å². The Balaban J connectivity index is 1.26. The van der Waals surface area contributed by atoms with Crippen LogP contribution in [0.2, 0.25) is 0 Å². The molecule has 0 aliphatic carbocycles. The average Bonchev–Trinajstić information content (AvgIpc) is 3.36. The van der Waals surface area contributed by atoms with E-state index in [2.05, 4.69) is 53.4 Å². The Kier molecular flexibility index (Phi) is 6.76. The third-order valence-corrected chi connectivity index (χ3v) is 6.45. The molecule has 5 rings (SSSR count). The molecule has 180 valence electrons. The van der Waals surface area contributed by atoms with Gasteiger partial charge in [-0.3, -0.25) is 14.3 Å². The Morgan fingerprint density at radius 1 is 0.972 bits per heavy atom. The summed E-state index contributed by atoms with van der Waals surface area (Å²) < 4.78 is 8.22. The first kappa shape index (κ1) is 23.3. The van der Waals surface area contributed by atoms with E-state index in [4.69, 9.17) is 4.74 Å². The molecule has 0 aliphatic rings. The predicted octanol–water partition coefficient (Wildman–Crippen LogP) is 5.92. The lowest BCUT2D eigenvalue weighted by molar-refractivity contribution is 0.0951. The molecule has 0 fully saturated rings. The number of amides is 1. The molecule has 2 atom stereocenters. The normalized spacial score (nSPS) is 12.7. The van der Waals surface area contributed by atoms with E-state index in [1.807, 2.05) is 65.2 Å². The highest BCUT2D eigenvalue weighted by molar-refractivity contribution is 5.97. The van der Waals surface area contributed by atoms with Crippen LogP contribution in [0.4, 0.5) is 0 Å². The van der Waals surface area contributed by atoms with Gasteiger partial charge in [-0.25, -0.2) is 4.98 Å². The number of ether oxygens (including phenoxy) is 1. The molecule has 0 saturated carbocycles. The highest BCUT2D eigenvalue weighted by atomic mass is 16.5. The second-order valence-corrected chi connectivity index (χ2v) is 8.88. The minimum absolute atomic E-state index is 0.0371. The fraction of sp³-hybridized carbons (Fsp3) is 0.167. The molecule has 0 spiro atoms. The van der Waals surface area contributed by atoms with E-state index in [1.54, 1.807) is 18.7 Å². The van der Waals surface area contributed by atoms with E-state index in [0.717, 1.165) is 28.0 Å². The molecule has 2 aromatic heterocycles. The number of pyridine rings is 1. The number of fused-ring (bicyclic) bond motifs is 1. The molecule has 1 N–H and O–H groups in total. The molecule has 1 amide bonds. The number of imidazole rings is 1. The summed E-state index contributed by atoms with van der Waals surface area (Å²) in [7, 11) is 0. The first-order valence-corrected chi connectivity index (χ1v) is 12.0. The van der Waals surface area contributed by atoms with Gasteiger partial charge in [0.25, 0.3) is 5.91 Å². The molecule has 6 heteroatoms. The van der Waals surface area contributed by atoms with Crippen LogP contribution in [-0.4, -0.2) is 26.5 Å². The molecule has 3 aromatic carbocycles. The molecule has 0 bridgehead atoms. The topological polar surface area (TPSA) is 69.0 Å². The van der Waals surface area contributed by atoms with Gasteiger partial charge in [-0.2, -0.15) is 0 Å². The second-order valence-electron chi connectivity index (χ2n) is 8.88. The van der Waals surface area contributed by atoms with E-state index in [9.17, 15) is 4.79 Å². The maximum Gasteiger partial charge on any atom is 0.251 e. The van der Waals surface area contributed by atoms with Gasteiger partial charge in [-0.05, 0) is 66.6 Å². The molecule has 2 unspecified atom stereocenters. The zero-order valence-corrected chi connectivity index (χ0v) is 20.3. The zero-order chi connectivity index (χ0) is 24.9. The van der Waals surface area contributed by atoms with Gasteiger partial charge in [0, 0.05) is 36.1 Å². The monoisotopic (exact) mass is 476 g/mol. The second kappa shape index (κ2) is 10.4. The Hall–Kier alpha value is -4.45. The minimum Gasteiger partial charge on any atom is -0.490 e. The van der Waals surface area contributed by atoms with Crippen LogP contribution in [0.3, 0.4) is 0 Å². The van der Waals surface area contributed by atoms with Gasteiger partial charge in [0.05, 0.1) is 11.0 Å². The smallest absolute Gasteiger partial charge is 0.251 e. The molecule has 36 heavy (non-hydrogen) atoms. The molecule has 6 nitrogen and oxygen atoms in total. The maximum atomic E-state index is 12.6. The van der Waals surface area contributed by atoms with Crippen molar-refractivity contribution < 1.29 is 9.53 Å².